The number of rotatable bonds is 0. The van der Waals surface area contributed by atoms with Crippen LogP contribution in [0.25, 0.3) is 0 Å². The van der Waals surface area contributed by atoms with Gasteiger partial charge in [0.25, 0.3) is 0 Å². The minimum Gasteiger partial charge on any atom is -0.444 e. The van der Waals surface area contributed by atoms with E-state index in [2.05, 4.69) is 26.1 Å². The predicted molar refractivity (Wildman–Crippen MR) is 91.7 cm³/mol. The van der Waals surface area contributed by atoms with Gasteiger partial charge in [-0.15, -0.1) is 0 Å². The van der Waals surface area contributed by atoms with E-state index < -0.39 is 5.60 Å². The summed E-state index contributed by atoms with van der Waals surface area (Å²) in [4.78, 5) is 28.3. The molecule has 0 unspecified atom stereocenters. The standard InChI is InChI=1S/C16H20BrN3O3/c1-16(2,3)23-15(22)19-6-7-20-12-5-4-10(17)8-11(12)18-14(21)13(20)9-19/h4-5,8,13H,6-7,9H2,1-3H3,(H,18,21)/t13-/m1/s1. The van der Waals surface area contributed by atoms with Gasteiger partial charge in [0.15, 0.2) is 0 Å². The minimum absolute atomic E-state index is 0.0936. The zero-order valence-corrected chi connectivity index (χ0v) is 15.0. The summed E-state index contributed by atoms with van der Waals surface area (Å²) in [7, 11) is 0. The van der Waals surface area contributed by atoms with E-state index in [9.17, 15) is 9.59 Å². The number of fused-ring (bicyclic) bond motifs is 3. The minimum atomic E-state index is -0.540. The molecule has 2 aliphatic rings. The third-order valence-electron chi connectivity index (χ3n) is 3.86. The first-order valence-electron chi connectivity index (χ1n) is 7.59. The van der Waals surface area contributed by atoms with Crippen molar-refractivity contribution < 1.29 is 14.3 Å². The molecule has 0 bridgehead atoms. The summed E-state index contributed by atoms with van der Waals surface area (Å²) in [5, 5.41) is 2.92. The van der Waals surface area contributed by atoms with Gasteiger partial charge in [-0.25, -0.2) is 4.79 Å². The molecular weight excluding hydrogens is 362 g/mol. The van der Waals surface area contributed by atoms with Crippen LogP contribution in [0.4, 0.5) is 16.2 Å². The van der Waals surface area contributed by atoms with Crippen LogP contribution in [0, 0.1) is 0 Å². The zero-order valence-electron chi connectivity index (χ0n) is 13.4. The van der Waals surface area contributed by atoms with E-state index in [1.807, 2.05) is 39.0 Å². The molecule has 0 saturated carbocycles. The van der Waals surface area contributed by atoms with Gasteiger partial charge in [-0.3, -0.25) is 4.79 Å². The van der Waals surface area contributed by atoms with Crippen LogP contribution in [0.3, 0.4) is 0 Å². The molecule has 6 nitrogen and oxygen atoms in total. The van der Waals surface area contributed by atoms with Crippen molar-refractivity contribution in [1.82, 2.24) is 4.90 Å². The van der Waals surface area contributed by atoms with Crippen LogP contribution in [0.5, 0.6) is 0 Å². The number of halogens is 1. The molecule has 1 aromatic rings. The average Bonchev–Trinajstić information content (AvgIpc) is 2.45. The van der Waals surface area contributed by atoms with Crippen LogP contribution < -0.4 is 10.2 Å². The van der Waals surface area contributed by atoms with Gasteiger partial charge in [-0.1, -0.05) is 15.9 Å². The lowest BCUT2D eigenvalue weighted by Crippen LogP contribution is -2.61. The molecule has 3 rings (SSSR count). The fourth-order valence-corrected chi connectivity index (χ4v) is 3.22. The van der Waals surface area contributed by atoms with Crippen molar-refractivity contribution in [2.75, 3.05) is 29.9 Å². The molecule has 0 aliphatic carbocycles. The van der Waals surface area contributed by atoms with E-state index in [0.717, 1.165) is 15.8 Å². The Morgan fingerprint density at radius 1 is 1.35 bits per heavy atom. The average molecular weight is 382 g/mol. The van der Waals surface area contributed by atoms with E-state index in [4.69, 9.17) is 4.74 Å². The number of anilines is 2. The first kappa shape index (κ1) is 16.1. The molecule has 23 heavy (non-hydrogen) atoms. The molecule has 2 aliphatic heterocycles. The first-order valence-corrected chi connectivity index (χ1v) is 8.39. The van der Waals surface area contributed by atoms with Crippen LogP contribution in [-0.2, 0) is 9.53 Å². The van der Waals surface area contributed by atoms with Gasteiger partial charge in [0, 0.05) is 17.6 Å². The maximum absolute atomic E-state index is 12.4. The van der Waals surface area contributed by atoms with Gasteiger partial charge in [0.05, 0.1) is 17.9 Å². The number of nitrogens with one attached hydrogen (secondary N) is 1. The monoisotopic (exact) mass is 381 g/mol. The lowest BCUT2D eigenvalue weighted by molar-refractivity contribution is -0.118. The number of nitrogens with zero attached hydrogens (tertiary/aromatic N) is 2. The van der Waals surface area contributed by atoms with Crippen LogP contribution in [0.15, 0.2) is 22.7 Å². The molecule has 1 atom stereocenters. The SMILES string of the molecule is CC(C)(C)OC(=O)N1CCN2c3ccc(Br)cc3NC(=O)[C@H]2C1. The van der Waals surface area contributed by atoms with Crippen molar-refractivity contribution in [1.29, 1.82) is 0 Å². The Labute approximate surface area is 143 Å². The molecular formula is C16H20BrN3O3. The third-order valence-corrected chi connectivity index (χ3v) is 4.35. The van der Waals surface area contributed by atoms with Gasteiger partial charge in [-0.05, 0) is 39.0 Å². The molecule has 1 saturated heterocycles. The molecule has 0 spiro atoms. The number of carbonyl (C=O) groups excluding carboxylic acids is 2. The molecule has 2 amide bonds. The molecule has 0 aromatic heterocycles. The maximum Gasteiger partial charge on any atom is 0.410 e. The van der Waals surface area contributed by atoms with Gasteiger partial charge in [0.2, 0.25) is 5.91 Å². The fourth-order valence-electron chi connectivity index (χ4n) is 2.86. The number of hydrogen-bond donors (Lipinski definition) is 1. The Kier molecular flexibility index (Phi) is 4.00. The highest BCUT2D eigenvalue weighted by Gasteiger charge is 2.39. The molecule has 1 aromatic carbocycles. The molecule has 1 N–H and O–H groups in total. The highest BCUT2D eigenvalue weighted by Crippen LogP contribution is 2.35. The number of amides is 2. The molecule has 124 valence electrons. The summed E-state index contributed by atoms with van der Waals surface area (Å²) in [5.74, 6) is -0.0936. The lowest BCUT2D eigenvalue weighted by atomic mass is 10.1. The van der Waals surface area contributed by atoms with Crippen molar-refractivity contribution in [2.45, 2.75) is 32.4 Å². The quantitative estimate of drug-likeness (QED) is 0.750. The topological polar surface area (TPSA) is 61.9 Å². The predicted octanol–water partition coefficient (Wildman–Crippen LogP) is 2.83. The summed E-state index contributed by atoms with van der Waals surface area (Å²) in [5.41, 5.74) is 1.25. The zero-order chi connectivity index (χ0) is 16.8. The summed E-state index contributed by atoms with van der Waals surface area (Å²) < 4.78 is 6.33. The summed E-state index contributed by atoms with van der Waals surface area (Å²) in [6.07, 6.45) is -0.369. The largest absolute Gasteiger partial charge is 0.444 e. The molecule has 7 heteroatoms. The maximum atomic E-state index is 12.4. The van der Waals surface area contributed by atoms with Gasteiger partial charge >= 0.3 is 6.09 Å². The van der Waals surface area contributed by atoms with Crippen molar-refractivity contribution in [3.8, 4) is 0 Å². The summed E-state index contributed by atoms with van der Waals surface area (Å²) in [6.45, 7) is 6.98. The van der Waals surface area contributed by atoms with Gasteiger partial charge in [-0.2, -0.15) is 0 Å². The Morgan fingerprint density at radius 2 is 2.09 bits per heavy atom. The van der Waals surface area contributed by atoms with Crippen LogP contribution in [0.2, 0.25) is 0 Å². The Morgan fingerprint density at radius 3 is 2.78 bits per heavy atom. The van der Waals surface area contributed by atoms with Crippen LogP contribution >= 0.6 is 15.9 Å². The second kappa shape index (κ2) is 5.70. The first-order chi connectivity index (χ1) is 10.7. The second-order valence-electron chi connectivity index (χ2n) is 6.79. The highest BCUT2D eigenvalue weighted by atomic mass is 79.9. The van der Waals surface area contributed by atoms with Crippen molar-refractivity contribution in [3.05, 3.63) is 22.7 Å². The Balaban J connectivity index is 1.79. The number of piperazine rings is 1. The number of hydrogen-bond acceptors (Lipinski definition) is 4. The Hall–Kier alpha value is -1.76. The van der Waals surface area contributed by atoms with Gasteiger partial charge < -0.3 is 19.9 Å². The van der Waals surface area contributed by atoms with Crippen LogP contribution in [-0.4, -0.2) is 48.2 Å². The van der Waals surface area contributed by atoms with Crippen molar-refractivity contribution in [3.63, 3.8) is 0 Å². The van der Waals surface area contributed by atoms with Crippen molar-refractivity contribution >= 4 is 39.3 Å². The highest BCUT2D eigenvalue weighted by molar-refractivity contribution is 9.10. The number of ether oxygens (including phenoxy) is 1. The van der Waals surface area contributed by atoms with E-state index >= 15 is 0 Å². The van der Waals surface area contributed by atoms with Crippen LogP contribution in [0.1, 0.15) is 20.8 Å². The van der Waals surface area contributed by atoms with Crippen molar-refractivity contribution in [2.24, 2.45) is 0 Å². The number of carbonyl (C=O) groups is 2. The Bertz CT molecular complexity index is 656. The van der Waals surface area contributed by atoms with E-state index in [-0.39, 0.29) is 18.0 Å². The lowest BCUT2D eigenvalue weighted by Gasteiger charge is -2.45. The normalized spacial score (nSPS) is 20.5. The fraction of sp³-hybridized carbons (Fsp3) is 0.500. The summed E-state index contributed by atoms with van der Waals surface area (Å²) in [6, 6.07) is 5.44. The second-order valence-corrected chi connectivity index (χ2v) is 7.70. The summed E-state index contributed by atoms with van der Waals surface area (Å²) >= 11 is 3.42. The smallest absolute Gasteiger partial charge is 0.410 e. The van der Waals surface area contributed by atoms with E-state index in [0.29, 0.717) is 19.6 Å². The van der Waals surface area contributed by atoms with E-state index in [1.54, 1.807) is 4.90 Å². The number of benzene rings is 1. The molecule has 2 heterocycles. The molecule has 1 fully saturated rings. The third kappa shape index (κ3) is 3.29. The van der Waals surface area contributed by atoms with E-state index in [1.165, 1.54) is 0 Å². The van der Waals surface area contributed by atoms with Gasteiger partial charge in [0.1, 0.15) is 11.6 Å². The molecule has 0 radical (unpaired) electrons.